The molecule has 2 aromatic rings. The summed E-state index contributed by atoms with van der Waals surface area (Å²) >= 11 is 0. The summed E-state index contributed by atoms with van der Waals surface area (Å²) in [5.74, 6) is 1.45. The molecule has 0 aliphatic heterocycles. The highest BCUT2D eigenvalue weighted by Crippen LogP contribution is 2.49. The first kappa shape index (κ1) is 18.1. The molecule has 27 heavy (non-hydrogen) atoms. The lowest BCUT2D eigenvalue weighted by Crippen LogP contribution is -2.46. The SMILES string of the molecule is CC(C)(C)[C@@H](CO)NC(=O)c1nn(-c2cnccn2)c2c1C[C@H]1CCC[C@@H]21. The highest BCUT2D eigenvalue weighted by atomic mass is 16.3. The van der Waals surface area contributed by atoms with Gasteiger partial charge in [-0.15, -0.1) is 0 Å². The first-order valence-electron chi connectivity index (χ1n) is 9.70. The minimum atomic E-state index is -0.330. The third kappa shape index (κ3) is 3.14. The average Bonchev–Trinajstić information content (AvgIpc) is 3.30. The van der Waals surface area contributed by atoms with Gasteiger partial charge in [0.15, 0.2) is 11.5 Å². The van der Waals surface area contributed by atoms with Crippen LogP contribution < -0.4 is 5.32 Å². The van der Waals surface area contributed by atoms with Crippen LogP contribution in [-0.4, -0.2) is 43.4 Å². The van der Waals surface area contributed by atoms with Gasteiger partial charge in [0, 0.05) is 23.9 Å². The van der Waals surface area contributed by atoms with Crippen molar-refractivity contribution in [2.24, 2.45) is 11.3 Å². The van der Waals surface area contributed by atoms with Crippen molar-refractivity contribution in [3.8, 4) is 5.82 Å². The molecule has 0 unspecified atom stereocenters. The molecule has 1 fully saturated rings. The highest BCUT2D eigenvalue weighted by Gasteiger charge is 2.43. The van der Waals surface area contributed by atoms with Crippen molar-refractivity contribution in [2.75, 3.05) is 6.61 Å². The second kappa shape index (κ2) is 6.71. The molecule has 2 aromatic heterocycles. The maximum absolute atomic E-state index is 13.1. The molecule has 0 saturated heterocycles. The molecule has 3 atom stereocenters. The molecule has 7 nitrogen and oxygen atoms in total. The maximum atomic E-state index is 13.1. The Morgan fingerprint density at radius 3 is 2.85 bits per heavy atom. The van der Waals surface area contributed by atoms with Gasteiger partial charge in [-0.2, -0.15) is 5.10 Å². The van der Waals surface area contributed by atoms with Crippen LogP contribution in [0.4, 0.5) is 0 Å². The molecule has 7 heteroatoms. The summed E-state index contributed by atoms with van der Waals surface area (Å²) in [6.45, 7) is 5.90. The Morgan fingerprint density at radius 1 is 1.37 bits per heavy atom. The van der Waals surface area contributed by atoms with Crippen LogP contribution >= 0.6 is 0 Å². The number of aliphatic hydroxyl groups is 1. The van der Waals surface area contributed by atoms with E-state index in [-0.39, 0.29) is 24.0 Å². The Bertz CT molecular complexity index is 840. The average molecular weight is 369 g/mol. The second-order valence-electron chi connectivity index (χ2n) is 8.76. The van der Waals surface area contributed by atoms with Gasteiger partial charge in [-0.05, 0) is 30.6 Å². The number of fused-ring (bicyclic) bond motifs is 3. The molecule has 0 aromatic carbocycles. The van der Waals surface area contributed by atoms with Crippen molar-refractivity contribution in [1.82, 2.24) is 25.1 Å². The van der Waals surface area contributed by atoms with Crippen LogP contribution in [0.2, 0.25) is 0 Å². The Morgan fingerprint density at radius 2 is 2.19 bits per heavy atom. The summed E-state index contributed by atoms with van der Waals surface area (Å²) in [6, 6.07) is -0.330. The number of aromatic nitrogens is 4. The van der Waals surface area contributed by atoms with E-state index in [2.05, 4.69) is 20.4 Å². The van der Waals surface area contributed by atoms with Gasteiger partial charge in [-0.3, -0.25) is 9.78 Å². The van der Waals surface area contributed by atoms with E-state index in [0.717, 1.165) is 24.1 Å². The monoisotopic (exact) mass is 369 g/mol. The normalized spacial score (nSPS) is 22.4. The molecule has 0 radical (unpaired) electrons. The van der Waals surface area contributed by atoms with E-state index in [1.807, 2.05) is 25.5 Å². The molecule has 144 valence electrons. The van der Waals surface area contributed by atoms with Crippen LogP contribution in [0.1, 0.15) is 67.7 Å². The number of carbonyl (C=O) groups excluding carboxylic acids is 1. The minimum absolute atomic E-state index is 0.104. The Labute approximate surface area is 159 Å². The predicted octanol–water partition coefficient (Wildman–Crippen LogP) is 2.24. The quantitative estimate of drug-likeness (QED) is 0.862. The molecule has 0 bridgehead atoms. The Hall–Kier alpha value is -2.28. The lowest BCUT2D eigenvalue weighted by Gasteiger charge is -2.29. The van der Waals surface area contributed by atoms with E-state index in [1.54, 1.807) is 18.6 Å². The molecule has 2 aliphatic rings. The molecule has 1 amide bonds. The zero-order valence-electron chi connectivity index (χ0n) is 16.1. The van der Waals surface area contributed by atoms with E-state index >= 15 is 0 Å². The van der Waals surface area contributed by atoms with Crippen molar-refractivity contribution in [2.45, 2.75) is 58.4 Å². The third-order valence-electron chi connectivity index (χ3n) is 6.01. The predicted molar refractivity (Wildman–Crippen MR) is 101 cm³/mol. The van der Waals surface area contributed by atoms with E-state index in [9.17, 15) is 9.90 Å². The van der Waals surface area contributed by atoms with Gasteiger partial charge in [0.05, 0.1) is 24.5 Å². The van der Waals surface area contributed by atoms with Crippen molar-refractivity contribution in [3.63, 3.8) is 0 Å². The number of rotatable bonds is 4. The standard InChI is InChI=1S/C20H27N5O2/c1-20(2,3)15(11-26)23-19(27)17-14-9-12-5-4-6-13(12)18(14)25(24-17)16-10-21-7-8-22-16/h7-8,10,12-13,15,26H,4-6,9,11H2,1-3H3,(H,23,27)/t12-,13-,15-/m1/s1. The zero-order chi connectivity index (χ0) is 19.2. The van der Waals surface area contributed by atoms with Gasteiger partial charge in [-0.1, -0.05) is 27.2 Å². The number of carbonyl (C=O) groups is 1. The largest absolute Gasteiger partial charge is 0.394 e. The van der Waals surface area contributed by atoms with Crippen molar-refractivity contribution in [3.05, 3.63) is 35.5 Å². The number of nitrogens with one attached hydrogen (secondary N) is 1. The highest BCUT2D eigenvalue weighted by molar-refractivity contribution is 5.94. The fraction of sp³-hybridized carbons (Fsp3) is 0.600. The summed E-state index contributed by atoms with van der Waals surface area (Å²) in [7, 11) is 0. The summed E-state index contributed by atoms with van der Waals surface area (Å²) in [4.78, 5) is 21.6. The van der Waals surface area contributed by atoms with Gasteiger partial charge in [0.2, 0.25) is 0 Å². The molecule has 1 saturated carbocycles. The van der Waals surface area contributed by atoms with E-state index in [4.69, 9.17) is 0 Å². The molecule has 2 aliphatic carbocycles. The first-order chi connectivity index (χ1) is 12.9. The Balaban J connectivity index is 1.73. The van der Waals surface area contributed by atoms with Crippen LogP contribution in [0.15, 0.2) is 18.6 Å². The van der Waals surface area contributed by atoms with Crippen LogP contribution in [0.25, 0.3) is 5.82 Å². The summed E-state index contributed by atoms with van der Waals surface area (Å²) in [6.07, 6.45) is 9.40. The topological polar surface area (TPSA) is 92.9 Å². The van der Waals surface area contributed by atoms with Crippen LogP contribution in [0, 0.1) is 11.3 Å². The smallest absolute Gasteiger partial charge is 0.272 e. The second-order valence-corrected chi connectivity index (χ2v) is 8.76. The number of amides is 1. The van der Waals surface area contributed by atoms with Crippen molar-refractivity contribution >= 4 is 5.91 Å². The van der Waals surface area contributed by atoms with Gasteiger partial charge >= 0.3 is 0 Å². The molecular weight excluding hydrogens is 342 g/mol. The van der Waals surface area contributed by atoms with Crippen LogP contribution in [0.5, 0.6) is 0 Å². The molecule has 0 spiro atoms. The Kier molecular flexibility index (Phi) is 4.50. The van der Waals surface area contributed by atoms with E-state index in [0.29, 0.717) is 23.3 Å². The third-order valence-corrected chi connectivity index (χ3v) is 6.01. The number of nitrogens with zero attached hydrogens (tertiary/aromatic N) is 4. The fourth-order valence-corrected chi connectivity index (χ4v) is 4.47. The van der Waals surface area contributed by atoms with Gasteiger partial charge in [-0.25, -0.2) is 9.67 Å². The van der Waals surface area contributed by atoms with Gasteiger partial charge in [0.25, 0.3) is 5.91 Å². The maximum Gasteiger partial charge on any atom is 0.272 e. The van der Waals surface area contributed by atoms with Gasteiger partial charge < -0.3 is 10.4 Å². The first-order valence-corrected chi connectivity index (χ1v) is 9.70. The van der Waals surface area contributed by atoms with Gasteiger partial charge in [0.1, 0.15) is 0 Å². The summed E-state index contributed by atoms with van der Waals surface area (Å²) in [5, 5.41) is 17.3. The van der Waals surface area contributed by atoms with Crippen molar-refractivity contribution in [1.29, 1.82) is 0 Å². The fourth-order valence-electron chi connectivity index (χ4n) is 4.47. The number of hydrogen-bond donors (Lipinski definition) is 2. The summed E-state index contributed by atoms with van der Waals surface area (Å²) < 4.78 is 1.82. The van der Waals surface area contributed by atoms with E-state index < -0.39 is 0 Å². The van der Waals surface area contributed by atoms with E-state index in [1.165, 1.54) is 12.8 Å². The lowest BCUT2D eigenvalue weighted by molar-refractivity contribution is 0.0841. The van der Waals surface area contributed by atoms with Crippen LogP contribution in [0.3, 0.4) is 0 Å². The minimum Gasteiger partial charge on any atom is -0.394 e. The molecule has 2 heterocycles. The molecule has 4 rings (SSSR count). The number of hydrogen-bond acceptors (Lipinski definition) is 5. The summed E-state index contributed by atoms with van der Waals surface area (Å²) in [5.41, 5.74) is 2.39. The number of aliphatic hydroxyl groups excluding tert-OH is 1. The zero-order valence-corrected chi connectivity index (χ0v) is 16.1. The lowest BCUT2D eigenvalue weighted by atomic mass is 9.87. The molecule has 2 N–H and O–H groups in total. The van der Waals surface area contributed by atoms with Crippen molar-refractivity contribution < 1.29 is 9.90 Å². The van der Waals surface area contributed by atoms with Crippen LogP contribution in [-0.2, 0) is 6.42 Å². The molecular formula is C20H27N5O2.